The van der Waals surface area contributed by atoms with Crippen LogP contribution >= 0.6 is 31.9 Å². The van der Waals surface area contributed by atoms with E-state index < -0.39 is 0 Å². The number of hydrogen-bond donors (Lipinski definition) is 1. The van der Waals surface area contributed by atoms with E-state index in [1.807, 2.05) is 0 Å². The van der Waals surface area contributed by atoms with Gasteiger partial charge in [0.05, 0.1) is 0 Å². The second-order valence-electron chi connectivity index (χ2n) is 3.61. The second kappa shape index (κ2) is 7.29. The molecule has 1 rings (SSSR count). The van der Waals surface area contributed by atoms with Crippen LogP contribution < -0.4 is 5.32 Å². The molecule has 0 fully saturated rings. The van der Waals surface area contributed by atoms with E-state index in [9.17, 15) is 0 Å². The van der Waals surface area contributed by atoms with Gasteiger partial charge >= 0.3 is 0 Å². The molecule has 1 aromatic rings. The molecule has 0 bridgehead atoms. The van der Waals surface area contributed by atoms with E-state index in [1.165, 1.54) is 31.4 Å². The fourth-order valence-electron chi connectivity index (χ4n) is 1.41. The van der Waals surface area contributed by atoms with Gasteiger partial charge in [-0.15, -0.1) is 0 Å². The highest BCUT2D eigenvalue weighted by atomic mass is 79.9. The first-order valence-electron chi connectivity index (χ1n) is 5.43. The van der Waals surface area contributed by atoms with E-state index in [0.29, 0.717) is 0 Å². The molecule has 0 aliphatic heterocycles. The van der Waals surface area contributed by atoms with Crippen LogP contribution in [0, 0.1) is 0 Å². The van der Waals surface area contributed by atoms with Crippen molar-refractivity contribution in [3.63, 3.8) is 0 Å². The van der Waals surface area contributed by atoms with Crippen molar-refractivity contribution >= 4 is 37.5 Å². The van der Waals surface area contributed by atoms with Gasteiger partial charge in [0, 0.05) is 21.2 Å². The van der Waals surface area contributed by atoms with Gasteiger partial charge in [-0.1, -0.05) is 42.1 Å². The molecule has 0 aliphatic carbocycles. The molecule has 1 aromatic carbocycles. The van der Waals surface area contributed by atoms with Crippen molar-refractivity contribution in [1.82, 2.24) is 0 Å². The maximum atomic E-state index is 3.54. The van der Waals surface area contributed by atoms with Gasteiger partial charge < -0.3 is 5.32 Å². The summed E-state index contributed by atoms with van der Waals surface area (Å²) in [6, 6.07) is 6.21. The van der Waals surface area contributed by atoms with Crippen LogP contribution in [0.4, 0.5) is 5.69 Å². The second-order valence-corrected chi connectivity index (χ2v) is 5.38. The van der Waals surface area contributed by atoms with Crippen LogP contribution in [0.15, 0.2) is 27.1 Å². The summed E-state index contributed by atoms with van der Waals surface area (Å²) in [5.41, 5.74) is 1.18. The third kappa shape index (κ3) is 5.03. The van der Waals surface area contributed by atoms with Crippen LogP contribution in [0.25, 0.3) is 0 Å². The van der Waals surface area contributed by atoms with Crippen LogP contribution in [-0.4, -0.2) is 6.54 Å². The van der Waals surface area contributed by atoms with E-state index in [4.69, 9.17) is 0 Å². The largest absolute Gasteiger partial charge is 0.384 e. The summed E-state index contributed by atoms with van der Waals surface area (Å²) in [7, 11) is 0. The van der Waals surface area contributed by atoms with Crippen LogP contribution in [0.5, 0.6) is 0 Å². The average molecular weight is 335 g/mol. The van der Waals surface area contributed by atoms with Crippen molar-refractivity contribution in [3.05, 3.63) is 27.1 Å². The highest BCUT2D eigenvalue weighted by Gasteiger charge is 1.98. The van der Waals surface area contributed by atoms with Crippen molar-refractivity contribution in [3.8, 4) is 0 Å². The fourth-order valence-corrected chi connectivity index (χ4v) is 2.59. The third-order valence-electron chi connectivity index (χ3n) is 2.28. The molecule has 0 aromatic heterocycles. The summed E-state index contributed by atoms with van der Waals surface area (Å²) < 4.78 is 2.22. The zero-order valence-corrected chi connectivity index (χ0v) is 12.2. The molecule has 3 heteroatoms. The van der Waals surface area contributed by atoms with Crippen LogP contribution in [-0.2, 0) is 0 Å². The molecule has 0 saturated heterocycles. The van der Waals surface area contributed by atoms with E-state index in [1.54, 1.807) is 0 Å². The Morgan fingerprint density at radius 1 is 1.13 bits per heavy atom. The molecule has 0 aliphatic rings. The maximum Gasteiger partial charge on any atom is 0.0485 e. The molecule has 1 nitrogen and oxygen atoms in total. The first kappa shape index (κ1) is 13.0. The van der Waals surface area contributed by atoms with Crippen LogP contribution in [0.1, 0.15) is 32.6 Å². The lowest BCUT2D eigenvalue weighted by molar-refractivity contribution is 0.685. The molecular weight excluding hydrogens is 318 g/mol. The molecule has 0 heterocycles. The molecule has 1 N–H and O–H groups in total. The first-order valence-corrected chi connectivity index (χ1v) is 7.01. The molecule has 0 unspecified atom stereocenters. The topological polar surface area (TPSA) is 12.0 Å². The number of benzene rings is 1. The maximum absolute atomic E-state index is 3.54. The van der Waals surface area contributed by atoms with Gasteiger partial charge in [0.15, 0.2) is 0 Å². The minimum Gasteiger partial charge on any atom is -0.384 e. The van der Waals surface area contributed by atoms with Gasteiger partial charge in [-0.3, -0.25) is 0 Å². The summed E-state index contributed by atoms with van der Waals surface area (Å²) in [5.74, 6) is 0. The summed E-state index contributed by atoms with van der Waals surface area (Å²) in [5, 5.41) is 3.43. The Morgan fingerprint density at radius 3 is 2.60 bits per heavy atom. The lowest BCUT2D eigenvalue weighted by Crippen LogP contribution is -2.01. The highest BCUT2D eigenvalue weighted by Crippen LogP contribution is 2.26. The van der Waals surface area contributed by atoms with Crippen LogP contribution in [0.2, 0.25) is 0 Å². The molecule has 0 radical (unpaired) electrons. The third-order valence-corrected chi connectivity index (χ3v) is 3.43. The zero-order chi connectivity index (χ0) is 11.1. The number of anilines is 1. The zero-order valence-electron chi connectivity index (χ0n) is 9.02. The van der Waals surface area contributed by atoms with Gasteiger partial charge in [0.1, 0.15) is 0 Å². The Bertz CT molecular complexity index is 300. The predicted molar refractivity (Wildman–Crippen MR) is 74.5 cm³/mol. The number of halogens is 2. The summed E-state index contributed by atoms with van der Waals surface area (Å²) >= 11 is 6.98. The van der Waals surface area contributed by atoms with Crippen molar-refractivity contribution in [2.24, 2.45) is 0 Å². The molecule has 0 saturated carbocycles. The van der Waals surface area contributed by atoms with E-state index >= 15 is 0 Å². The lowest BCUT2D eigenvalue weighted by Gasteiger charge is -2.08. The molecule has 0 atom stereocenters. The Morgan fingerprint density at radius 2 is 1.93 bits per heavy atom. The average Bonchev–Trinajstić information content (AvgIpc) is 2.20. The Balaban J connectivity index is 2.31. The fraction of sp³-hybridized carbons (Fsp3) is 0.500. The number of hydrogen-bond acceptors (Lipinski definition) is 1. The van der Waals surface area contributed by atoms with Gasteiger partial charge in [-0.2, -0.15) is 0 Å². The van der Waals surface area contributed by atoms with Gasteiger partial charge in [-0.05, 0) is 40.5 Å². The SMILES string of the molecule is CCCCCCNc1ccc(Br)cc1Br. The Kier molecular flexibility index (Phi) is 6.34. The summed E-state index contributed by atoms with van der Waals surface area (Å²) in [6.45, 7) is 3.29. The van der Waals surface area contributed by atoms with Crippen molar-refractivity contribution < 1.29 is 0 Å². The predicted octanol–water partition coefficient (Wildman–Crippen LogP) is 5.20. The molecule has 84 valence electrons. The Labute approximate surface area is 109 Å². The number of unbranched alkanes of at least 4 members (excludes halogenated alkanes) is 3. The normalized spacial score (nSPS) is 10.3. The molecule has 0 spiro atoms. The van der Waals surface area contributed by atoms with Crippen molar-refractivity contribution in [2.75, 3.05) is 11.9 Å². The standard InChI is InChI=1S/C12H17Br2N/c1-2-3-4-5-8-15-12-7-6-10(13)9-11(12)14/h6-7,9,15H,2-5,8H2,1H3. The quantitative estimate of drug-likeness (QED) is 0.704. The summed E-state index contributed by atoms with van der Waals surface area (Å²) in [6.07, 6.45) is 5.19. The van der Waals surface area contributed by atoms with Crippen LogP contribution in [0.3, 0.4) is 0 Å². The number of rotatable bonds is 6. The molecule has 0 amide bonds. The van der Waals surface area contributed by atoms with E-state index in [-0.39, 0.29) is 0 Å². The molecule has 15 heavy (non-hydrogen) atoms. The van der Waals surface area contributed by atoms with Crippen molar-refractivity contribution in [1.29, 1.82) is 0 Å². The van der Waals surface area contributed by atoms with E-state index in [0.717, 1.165) is 15.5 Å². The summed E-state index contributed by atoms with van der Waals surface area (Å²) in [4.78, 5) is 0. The molecular formula is C12H17Br2N. The lowest BCUT2D eigenvalue weighted by atomic mass is 10.2. The minimum atomic E-state index is 1.06. The van der Waals surface area contributed by atoms with Crippen molar-refractivity contribution in [2.45, 2.75) is 32.6 Å². The van der Waals surface area contributed by atoms with Gasteiger partial charge in [0.2, 0.25) is 0 Å². The first-order chi connectivity index (χ1) is 7.24. The number of nitrogens with one attached hydrogen (secondary N) is 1. The van der Waals surface area contributed by atoms with Gasteiger partial charge in [0.25, 0.3) is 0 Å². The van der Waals surface area contributed by atoms with E-state index in [2.05, 4.69) is 62.3 Å². The van der Waals surface area contributed by atoms with Gasteiger partial charge in [-0.25, -0.2) is 0 Å². The highest BCUT2D eigenvalue weighted by molar-refractivity contribution is 9.11. The minimum absolute atomic E-state index is 1.06. The smallest absolute Gasteiger partial charge is 0.0485 e. The monoisotopic (exact) mass is 333 g/mol. The Hall–Kier alpha value is -0.0200.